The van der Waals surface area contributed by atoms with E-state index in [4.69, 9.17) is 17.0 Å². The average Bonchev–Trinajstić information content (AvgIpc) is 2.58. The summed E-state index contributed by atoms with van der Waals surface area (Å²) in [5.41, 5.74) is 6.67. The van der Waals surface area contributed by atoms with Gasteiger partial charge in [0.25, 0.3) is 0 Å². The topological polar surface area (TPSA) is 66.8 Å². The van der Waals surface area contributed by atoms with Gasteiger partial charge in [-0.05, 0) is 38.0 Å². The van der Waals surface area contributed by atoms with Crippen LogP contribution in [0.2, 0.25) is 0 Å². The number of morpholine rings is 1. The lowest BCUT2D eigenvalue weighted by molar-refractivity contribution is -0.914. The molecule has 7 heteroatoms. The molecule has 0 aromatic heterocycles. The first kappa shape index (κ1) is 19.6. The van der Waals surface area contributed by atoms with Crippen molar-refractivity contribution in [1.82, 2.24) is 16.2 Å². The van der Waals surface area contributed by atoms with Crippen LogP contribution < -0.4 is 21.1 Å². The Morgan fingerprint density at radius 3 is 2.56 bits per heavy atom. The Labute approximate surface area is 155 Å². The maximum absolute atomic E-state index is 11.9. The SMILES string of the molecule is C[C@@H]1C[NH+](CCC(=O)NNC(=S)NCCc2ccccc2)C[C@@H](C)O1. The molecular weight excluding hydrogens is 336 g/mol. The number of ether oxygens (including phenoxy) is 1. The third-order valence-corrected chi connectivity index (χ3v) is 4.43. The second kappa shape index (κ2) is 10.3. The van der Waals surface area contributed by atoms with Crippen LogP contribution in [0.4, 0.5) is 0 Å². The van der Waals surface area contributed by atoms with Gasteiger partial charge in [0.2, 0.25) is 5.91 Å². The van der Waals surface area contributed by atoms with Crippen molar-refractivity contribution in [3.63, 3.8) is 0 Å². The van der Waals surface area contributed by atoms with E-state index in [9.17, 15) is 4.79 Å². The number of thiocarbonyl (C=S) groups is 1. The largest absolute Gasteiger partial charge is 0.364 e. The number of carbonyl (C=O) groups excluding carboxylic acids is 1. The number of carbonyl (C=O) groups is 1. The van der Waals surface area contributed by atoms with Crippen LogP contribution in [0, 0.1) is 0 Å². The number of amides is 1. The first-order valence-electron chi connectivity index (χ1n) is 8.88. The maximum Gasteiger partial charge on any atom is 0.244 e. The molecule has 0 bridgehead atoms. The Balaban J connectivity index is 1.55. The van der Waals surface area contributed by atoms with Crippen molar-refractivity contribution in [1.29, 1.82) is 0 Å². The molecule has 1 aliphatic rings. The summed E-state index contributed by atoms with van der Waals surface area (Å²) >= 11 is 5.17. The van der Waals surface area contributed by atoms with E-state index in [0.29, 0.717) is 11.5 Å². The van der Waals surface area contributed by atoms with Crippen LogP contribution in [0.25, 0.3) is 0 Å². The molecule has 0 saturated carbocycles. The molecule has 1 aromatic rings. The number of quaternary nitrogens is 1. The zero-order valence-corrected chi connectivity index (χ0v) is 15.8. The van der Waals surface area contributed by atoms with Gasteiger partial charge in [-0.1, -0.05) is 30.3 Å². The summed E-state index contributed by atoms with van der Waals surface area (Å²) in [5.74, 6) is -0.0495. The van der Waals surface area contributed by atoms with Gasteiger partial charge < -0.3 is 15.0 Å². The van der Waals surface area contributed by atoms with Gasteiger partial charge in [-0.3, -0.25) is 15.6 Å². The van der Waals surface area contributed by atoms with Gasteiger partial charge in [0.15, 0.2) is 5.11 Å². The van der Waals surface area contributed by atoms with Gasteiger partial charge in [-0.15, -0.1) is 0 Å². The van der Waals surface area contributed by atoms with Crippen LogP contribution in [-0.2, 0) is 16.0 Å². The molecular formula is C18H29N4O2S+. The number of benzene rings is 1. The molecule has 2 atom stereocenters. The molecule has 0 spiro atoms. The van der Waals surface area contributed by atoms with Crippen molar-refractivity contribution in [3.8, 4) is 0 Å². The van der Waals surface area contributed by atoms with Crippen molar-refractivity contribution in [2.24, 2.45) is 0 Å². The monoisotopic (exact) mass is 365 g/mol. The summed E-state index contributed by atoms with van der Waals surface area (Å²) in [5, 5.41) is 3.52. The van der Waals surface area contributed by atoms with Gasteiger partial charge >= 0.3 is 0 Å². The molecule has 1 saturated heterocycles. The highest BCUT2D eigenvalue weighted by Gasteiger charge is 2.25. The predicted molar refractivity (Wildman–Crippen MR) is 102 cm³/mol. The summed E-state index contributed by atoms with van der Waals surface area (Å²) in [4.78, 5) is 13.4. The predicted octanol–water partition coefficient (Wildman–Crippen LogP) is -0.193. The van der Waals surface area contributed by atoms with Gasteiger partial charge in [0.05, 0.1) is 13.0 Å². The number of nitrogens with one attached hydrogen (secondary N) is 4. The number of hydrazine groups is 1. The molecule has 1 heterocycles. The van der Waals surface area contributed by atoms with Crippen LogP contribution in [0.1, 0.15) is 25.8 Å². The molecule has 2 rings (SSSR count). The minimum absolute atomic E-state index is 0.0495. The van der Waals surface area contributed by atoms with Crippen LogP contribution in [0.3, 0.4) is 0 Å². The van der Waals surface area contributed by atoms with Crippen LogP contribution in [0.5, 0.6) is 0 Å². The Morgan fingerprint density at radius 2 is 1.88 bits per heavy atom. The third-order valence-electron chi connectivity index (χ3n) is 4.18. The Morgan fingerprint density at radius 1 is 1.20 bits per heavy atom. The third kappa shape index (κ3) is 7.81. The van der Waals surface area contributed by atoms with E-state index in [1.54, 1.807) is 0 Å². The van der Waals surface area contributed by atoms with E-state index in [1.165, 1.54) is 10.5 Å². The van der Waals surface area contributed by atoms with Gasteiger partial charge in [0.1, 0.15) is 25.3 Å². The van der Waals surface area contributed by atoms with Gasteiger partial charge in [-0.2, -0.15) is 0 Å². The van der Waals surface area contributed by atoms with E-state index in [2.05, 4.69) is 42.1 Å². The summed E-state index contributed by atoms with van der Waals surface area (Å²) in [6.45, 7) is 7.59. The Bertz CT molecular complexity index is 545. The summed E-state index contributed by atoms with van der Waals surface area (Å²) in [7, 11) is 0. The molecule has 25 heavy (non-hydrogen) atoms. The molecule has 138 valence electrons. The highest BCUT2D eigenvalue weighted by molar-refractivity contribution is 7.80. The lowest BCUT2D eigenvalue weighted by Crippen LogP contribution is -3.15. The maximum atomic E-state index is 11.9. The molecule has 4 N–H and O–H groups in total. The van der Waals surface area contributed by atoms with Crippen LogP contribution in [-0.4, -0.2) is 49.4 Å². The van der Waals surface area contributed by atoms with Crippen molar-refractivity contribution >= 4 is 23.2 Å². The Kier molecular flexibility index (Phi) is 8.11. The minimum Gasteiger partial charge on any atom is -0.364 e. The molecule has 1 fully saturated rings. The standard InChI is InChI=1S/C18H28N4O2S/c1-14-12-22(13-15(2)24-14)11-9-17(23)20-21-18(25)19-10-8-16-6-4-3-5-7-16/h3-7,14-15H,8-13H2,1-2H3,(H,20,23)(H2,19,21,25)/p+1/t14-,15-/m1/s1. The van der Waals surface area contributed by atoms with Crippen molar-refractivity contribution in [3.05, 3.63) is 35.9 Å². The second-order valence-electron chi connectivity index (χ2n) is 6.58. The van der Waals surface area contributed by atoms with E-state index in [1.807, 2.05) is 18.2 Å². The van der Waals surface area contributed by atoms with Crippen LogP contribution >= 0.6 is 12.2 Å². The lowest BCUT2D eigenvalue weighted by atomic mass is 10.1. The fraction of sp³-hybridized carbons (Fsp3) is 0.556. The molecule has 6 nitrogen and oxygen atoms in total. The molecule has 1 aliphatic heterocycles. The van der Waals surface area contributed by atoms with E-state index in [-0.39, 0.29) is 18.1 Å². The van der Waals surface area contributed by atoms with E-state index >= 15 is 0 Å². The van der Waals surface area contributed by atoms with Crippen molar-refractivity contribution in [2.45, 2.75) is 38.9 Å². The fourth-order valence-corrected chi connectivity index (χ4v) is 3.23. The van der Waals surface area contributed by atoms with Crippen LogP contribution in [0.15, 0.2) is 30.3 Å². The molecule has 1 aromatic carbocycles. The normalized spacial score (nSPS) is 22.9. The Hall–Kier alpha value is -1.70. The zero-order valence-electron chi connectivity index (χ0n) is 15.0. The van der Waals surface area contributed by atoms with Crippen molar-refractivity contribution < 1.29 is 14.4 Å². The van der Waals surface area contributed by atoms with Gasteiger partial charge in [0, 0.05) is 6.54 Å². The number of rotatable bonds is 6. The van der Waals surface area contributed by atoms with Gasteiger partial charge in [-0.25, -0.2) is 0 Å². The summed E-state index contributed by atoms with van der Waals surface area (Å²) < 4.78 is 5.71. The highest BCUT2D eigenvalue weighted by atomic mass is 32.1. The minimum atomic E-state index is -0.0495. The average molecular weight is 366 g/mol. The molecule has 0 unspecified atom stereocenters. The highest BCUT2D eigenvalue weighted by Crippen LogP contribution is 1.99. The fourth-order valence-electron chi connectivity index (χ4n) is 3.08. The molecule has 1 amide bonds. The van der Waals surface area contributed by atoms with E-state index < -0.39 is 0 Å². The van der Waals surface area contributed by atoms with Crippen molar-refractivity contribution in [2.75, 3.05) is 26.2 Å². The lowest BCUT2D eigenvalue weighted by Gasteiger charge is -2.32. The number of hydrogen-bond acceptors (Lipinski definition) is 3. The second-order valence-corrected chi connectivity index (χ2v) is 6.99. The first-order chi connectivity index (χ1) is 12.0. The van der Waals surface area contributed by atoms with E-state index in [0.717, 1.165) is 32.6 Å². The summed E-state index contributed by atoms with van der Waals surface area (Å²) in [6, 6.07) is 10.2. The number of hydrogen-bond donors (Lipinski definition) is 4. The zero-order chi connectivity index (χ0) is 18.1. The molecule has 0 aliphatic carbocycles. The first-order valence-corrected chi connectivity index (χ1v) is 9.29. The molecule has 0 radical (unpaired) electrons. The smallest absolute Gasteiger partial charge is 0.244 e. The summed E-state index contributed by atoms with van der Waals surface area (Å²) in [6.07, 6.45) is 1.85. The quantitative estimate of drug-likeness (QED) is 0.416.